The third-order valence-electron chi connectivity index (χ3n) is 5.36. The molecule has 0 aromatic heterocycles. The van der Waals surface area contributed by atoms with E-state index in [4.69, 9.17) is 11.6 Å². The summed E-state index contributed by atoms with van der Waals surface area (Å²) in [6.45, 7) is 2.48. The largest absolute Gasteiger partial charge is 0.481 e. The highest BCUT2D eigenvalue weighted by Gasteiger charge is 2.42. The molecule has 3 rings (SSSR count). The molecule has 24 heavy (non-hydrogen) atoms. The minimum atomic E-state index is -0.834. The predicted octanol–water partition coefficient (Wildman–Crippen LogP) is 3.48. The third kappa shape index (κ3) is 3.51. The Hall–Kier alpha value is -1.75. The lowest BCUT2D eigenvalue weighted by molar-refractivity contribution is -0.146. The molecule has 3 unspecified atom stereocenters. The van der Waals surface area contributed by atoms with Crippen molar-refractivity contribution in [3.8, 4) is 0 Å². The van der Waals surface area contributed by atoms with Gasteiger partial charge in [0.05, 0.1) is 5.41 Å². The molecule has 1 aromatic carbocycles. The quantitative estimate of drug-likeness (QED) is 0.876. The molecule has 1 aliphatic carbocycles. The molecule has 1 heterocycles. The Labute approximate surface area is 147 Å². The molecule has 0 spiro atoms. The number of amides is 2. The van der Waals surface area contributed by atoms with E-state index in [1.54, 1.807) is 11.8 Å². The second-order valence-electron chi connectivity index (χ2n) is 7.25. The van der Waals surface area contributed by atoms with Crippen LogP contribution in [0.3, 0.4) is 0 Å². The standard InChI is InChI=1S/C18H23ClN2O3/c1-18(16(22)23)7-8-21(11-18)17(24)20-15-6-5-13(10-15)12-3-2-4-14(19)9-12/h2-4,9,13,15H,5-8,10-11H2,1H3,(H,20,24)(H,22,23). The lowest BCUT2D eigenvalue weighted by Gasteiger charge is -2.22. The van der Waals surface area contributed by atoms with Crippen molar-refractivity contribution < 1.29 is 14.7 Å². The van der Waals surface area contributed by atoms with E-state index in [9.17, 15) is 14.7 Å². The first-order valence-electron chi connectivity index (χ1n) is 8.42. The van der Waals surface area contributed by atoms with Gasteiger partial charge in [0.2, 0.25) is 0 Å². The average Bonchev–Trinajstić information content (AvgIpc) is 3.15. The maximum absolute atomic E-state index is 12.4. The first-order chi connectivity index (χ1) is 11.4. The fourth-order valence-electron chi connectivity index (χ4n) is 3.75. The number of carboxylic acid groups (broad SMARTS) is 1. The van der Waals surface area contributed by atoms with Crippen LogP contribution in [0.25, 0.3) is 0 Å². The van der Waals surface area contributed by atoms with Gasteiger partial charge in [0.15, 0.2) is 0 Å². The molecule has 1 saturated heterocycles. The van der Waals surface area contributed by atoms with Crippen molar-refractivity contribution in [2.45, 2.75) is 44.6 Å². The molecular weight excluding hydrogens is 328 g/mol. The predicted molar refractivity (Wildman–Crippen MR) is 92.3 cm³/mol. The van der Waals surface area contributed by atoms with E-state index in [-0.39, 0.29) is 18.6 Å². The van der Waals surface area contributed by atoms with Gasteiger partial charge in [0.25, 0.3) is 0 Å². The molecule has 1 saturated carbocycles. The van der Waals surface area contributed by atoms with E-state index in [1.807, 2.05) is 18.2 Å². The highest BCUT2D eigenvalue weighted by molar-refractivity contribution is 6.30. The Bertz CT molecular complexity index is 651. The summed E-state index contributed by atoms with van der Waals surface area (Å²) in [5, 5.41) is 13.1. The zero-order valence-electron chi connectivity index (χ0n) is 13.8. The summed E-state index contributed by atoms with van der Waals surface area (Å²) in [6.07, 6.45) is 3.37. The van der Waals surface area contributed by atoms with Crippen LogP contribution in [-0.2, 0) is 4.79 Å². The van der Waals surface area contributed by atoms with Crippen LogP contribution in [0, 0.1) is 5.41 Å². The molecule has 0 radical (unpaired) electrons. The molecule has 1 aliphatic heterocycles. The monoisotopic (exact) mass is 350 g/mol. The summed E-state index contributed by atoms with van der Waals surface area (Å²) in [5.41, 5.74) is 0.398. The number of halogens is 1. The lowest BCUT2D eigenvalue weighted by atomic mass is 9.90. The smallest absolute Gasteiger partial charge is 0.317 e. The summed E-state index contributed by atoms with van der Waals surface area (Å²) in [5.74, 6) is -0.420. The SMILES string of the molecule is CC1(C(=O)O)CCN(C(=O)NC2CCC(c3cccc(Cl)c3)C2)C1. The highest BCUT2D eigenvalue weighted by Crippen LogP contribution is 2.36. The van der Waals surface area contributed by atoms with Crippen LogP contribution in [0.5, 0.6) is 0 Å². The second kappa shape index (κ2) is 6.63. The van der Waals surface area contributed by atoms with Crippen LogP contribution in [0.15, 0.2) is 24.3 Å². The van der Waals surface area contributed by atoms with E-state index < -0.39 is 11.4 Å². The number of rotatable bonds is 3. The van der Waals surface area contributed by atoms with Crippen molar-refractivity contribution in [1.82, 2.24) is 10.2 Å². The summed E-state index contributed by atoms with van der Waals surface area (Å²) in [7, 11) is 0. The van der Waals surface area contributed by atoms with E-state index >= 15 is 0 Å². The Morgan fingerprint density at radius 3 is 2.83 bits per heavy atom. The van der Waals surface area contributed by atoms with Gasteiger partial charge in [0.1, 0.15) is 0 Å². The summed E-state index contributed by atoms with van der Waals surface area (Å²) in [6, 6.07) is 7.90. The highest BCUT2D eigenvalue weighted by atomic mass is 35.5. The van der Waals surface area contributed by atoms with Gasteiger partial charge in [0, 0.05) is 24.2 Å². The minimum Gasteiger partial charge on any atom is -0.481 e. The molecule has 6 heteroatoms. The number of nitrogens with zero attached hydrogens (tertiary/aromatic N) is 1. The van der Waals surface area contributed by atoms with Crippen LogP contribution in [0.1, 0.15) is 44.1 Å². The zero-order chi connectivity index (χ0) is 17.3. The maximum atomic E-state index is 12.4. The van der Waals surface area contributed by atoms with Crippen LogP contribution >= 0.6 is 11.6 Å². The number of carbonyl (C=O) groups is 2. The lowest BCUT2D eigenvalue weighted by Crippen LogP contribution is -2.44. The number of carboxylic acids is 1. The van der Waals surface area contributed by atoms with Crippen LogP contribution in [-0.4, -0.2) is 41.1 Å². The van der Waals surface area contributed by atoms with Gasteiger partial charge in [-0.1, -0.05) is 23.7 Å². The first kappa shape index (κ1) is 17.1. The van der Waals surface area contributed by atoms with Crippen molar-refractivity contribution in [3.63, 3.8) is 0 Å². The molecule has 5 nitrogen and oxygen atoms in total. The van der Waals surface area contributed by atoms with Crippen LogP contribution in [0.4, 0.5) is 4.79 Å². The van der Waals surface area contributed by atoms with Crippen molar-refractivity contribution >= 4 is 23.6 Å². The molecular formula is C18H23ClN2O3. The molecule has 2 aliphatic rings. The van der Waals surface area contributed by atoms with E-state index in [0.29, 0.717) is 18.9 Å². The number of aliphatic carboxylic acids is 1. The van der Waals surface area contributed by atoms with Crippen molar-refractivity contribution in [2.24, 2.45) is 5.41 Å². The number of hydrogen-bond donors (Lipinski definition) is 2. The van der Waals surface area contributed by atoms with Crippen molar-refractivity contribution in [3.05, 3.63) is 34.9 Å². The van der Waals surface area contributed by atoms with Gasteiger partial charge >= 0.3 is 12.0 Å². The molecule has 0 bridgehead atoms. The van der Waals surface area contributed by atoms with Crippen molar-refractivity contribution in [2.75, 3.05) is 13.1 Å². The number of urea groups is 1. The summed E-state index contributed by atoms with van der Waals surface area (Å²) in [4.78, 5) is 25.3. The Kier molecular flexibility index (Phi) is 4.72. The first-order valence-corrected chi connectivity index (χ1v) is 8.79. The molecule has 2 fully saturated rings. The number of carbonyl (C=O) groups excluding carboxylic acids is 1. The third-order valence-corrected chi connectivity index (χ3v) is 5.59. The van der Waals surface area contributed by atoms with Gasteiger partial charge in [-0.3, -0.25) is 4.79 Å². The van der Waals surface area contributed by atoms with Gasteiger partial charge in [-0.05, 0) is 56.2 Å². The number of benzene rings is 1. The van der Waals surface area contributed by atoms with Gasteiger partial charge in [-0.2, -0.15) is 0 Å². The molecule has 2 N–H and O–H groups in total. The number of nitrogens with one attached hydrogen (secondary N) is 1. The molecule has 1 aromatic rings. The summed E-state index contributed by atoms with van der Waals surface area (Å²) < 4.78 is 0. The van der Waals surface area contributed by atoms with Gasteiger partial charge in [-0.15, -0.1) is 0 Å². The summed E-state index contributed by atoms with van der Waals surface area (Å²) >= 11 is 6.06. The molecule has 2 amide bonds. The van der Waals surface area contributed by atoms with Gasteiger partial charge in [-0.25, -0.2) is 4.79 Å². The van der Waals surface area contributed by atoms with E-state index in [0.717, 1.165) is 24.3 Å². The minimum absolute atomic E-state index is 0.137. The average molecular weight is 351 g/mol. The van der Waals surface area contributed by atoms with Gasteiger partial charge < -0.3 is 15.3 Å². The number of likely N-dealkylation sites (tertiary alicyclic amines) is 1. The second-order valence-corrected chi connectivity index (χ2v) is 7.69. The Balaban J connectivity index is 1.54. The topological polar surface area (TPSA) is 69.6 Å². The van der Waals surface area contributed by atoms with Crippen LogP contribution < -0.4 is 5.32 Å². The van der Waals surface area contributed by atoms with E-state index in [2.05, 4.69) is 11.4 Å². The fourth-order valence-corrected chi connectivity index (χ4v) is 3.95. The zero-order valence-corrected chi connectivity index (χ0v) is 14.6. The maximum Gasteiger partial charge on any atom is 0.317 e. The number of hydrogen-bond acceptors (Lipinski definition) is 2. The Morgan fingerprint density at radius 2 is 2.17 bits per heavy atom. The molecule has 3 atom stereocenters. The molecule has 130 valence electrons. The normalized spacial score (nSPS) is 29.7. The van der Waals surface area contributed by atoms with Crippen molar-refractivity contribution in [1.29, 1.82) is 0 Å². The fraction of sp³-hybridized carbons (Fsp3) is 0.556. The van der Waals surface area contributed by atoms with E-state index in [1.165, 1.54) is 5.56 Å². The van der Waals surface area contributed by atoms with Crippen LogP contribution in [0.2, 0.25) is 5.02 Å². The Morgan fingerprint density at radius 1 is 1.38 bits per heavy atom.